The quantitative estimate of drug-likeness (QED) is 0.793. The fourth-order valence-electron chi connectivity index (χ4n) is 3.77. The molecule has 2 heterocycles. The molecule has 0 aromatic carbocycles. The molecule has 130 valence electrons. The van der Waals surface area contributed by atoms with Crippen LogP contribution in [0.15, 0.2) is 16.8 Å². The molecule has 1 saturated carbocycles. The highest BCUT2D eigenvalue weighted by Gasteiger charge is 2.27. The van der Waals surface area contributed by atoms with Crippen LogP contribution in [0.25, 0.3) is 0 Å². The van der Waals surface area contributed by atoms with Crippen LogP contribution in [0.4, 0.5) is 0 Å². The monoisotopic (exact) mass is 345 g/mol. The van der Waals surface area contributed by atoms with Gasteiger partial charge < -0.3 is 4.90 Å². The van der Waals surface area contributed by atoms with Crippen LogP contribution in [-0.2, 0) is 24.8 Å². The van der Waals surface area contributed by atoms with Crippen molar-refractivity contribution in [1.29, 1.82) is 0 Å². The highest BCUT2D eigenvalue weighted by atomic mass is 32.1. The smallest absolute Gasteiger partial charge is 0.223 e. The summed E-state index contributed by atoms with van der Waals surface area (Å²) in [6.45, 7) is 4.88. The van der Waals surface area contributed by atoms with Crippen molar-refractivity contribution in [3.05, 3.63) is 39.3 Å². The standard InChI is InChI=1S/C19H27N3OS/c1-14-18(15(2)21(3)20-14)8-9-19(23)22(17-6-4-5-7-17)12-16-10-11-24-13-16/h10-11,13,17H,4-9,12H2,1-3H3. The van der Waals surface area contributed by atoms with Crippen LogP contribution in [0.3, 0.4) is 0 Å². The normalized spacial score (nSPS) is 15.1. The minimum atomic E-state index is 0.288. The number of amides is 1. The number of hydrogen-bond acceptors (Lipinski definition) is 3. The summed E-state index contributed by atoms with van der Waals surface area (Å²) in [5.41, 5.74) is 4.71. The Bertz CT molecular complexity index is 684. The van der Waals surface area contributed by atoms with Gasteiger partial charge in [0.2, 0.25) is 5.91 Å². The molecule has 1 aliphatic carbocycles. The van der Waals surface area contributed by atoms with E-state index in [2.05, 4.69) is 33.7 Å². The lowest BCUT2D eigenvalue weighted by Gasteiger charge is -2.29. The van der Waals surface area contributed by atoms with Gasteiger partial charge in [-0.2, -0.15) is 16.4 Å². The van der Waals surface area contributed by atoms with Crippen molar-refractivity contribution in [2.45, 2.75) is 65.0 Å². The molecule has 2 aromatic heterocycles. The topological polar surface area (TPSA) is 38.1 Å². The van der Waals surface area contributed by atoms with Gasteiger partial charge in [-0.15, -0.1) is 0 Å². The second-order valence-corrected chi connectivity index (χ2v) is 7.64. The second-order valence-electron chi connectivity index (χ2n) is 6.86. The molecule has 1 aliphatic rings. The molecule has 0 unspecified atom stereocenters. The van der Waals surface area contributed by atoms with Crippen LogP contribution in [0.5, 0.6) is 0 Å². The van der Waals surface area contributed by atoms with Crippen molar-refractivity contribution in [3.63, 3.8) is 0 Å². The lowest BCUT2D eigenvalue weighted by molar-refractivity contribution is -0.134. The van der Waals surface area contributed by atoms with E-state index in [1.807, 2.05) is 18.7 Å². The van der Waals surface area contributed by atoms with Gasteiger partial charge in [0.05, 0.1) is 5.69 Å². The molecule has 0 spiro atoms. The molecule has 0 bridgehead atoms. The van der Waals surface area contributed by atoms with Crippen molar-refractivity contribution >= 4 is 17.2 Å². The summed E-state index contributed by atoms with van der Waals surface area (Å²) in [6.07, 6.45) is 6.17. The minimum absolute atomic E-state index is 0.288. The Morgan fingerprint density at radius 3 is 2.71 bits per heavy atom. The zero-order valence-electron chi connectivity index (χ0n) is 14.9. The van der Waals surface area contributed by atoms with Gasteiger partial charge in [0.25, 0.3) is 0 Å². The van der Waals surface area contributed by atoms with Crippen LogP contribution in [0.1, 0.15) is 54.6 Å². The van der Waals surface area contributed by atoms with E-state index in [9.17, 15) is 4.79 Å². The zero-order chi connectivity index (χ0) is 17.1. The molecule has 0 saturated heterocycles. The van der Waals surface area contributed by atoms with Crippen LogP contribution < -0.4 is 0 Å². The van der Waals surface area contributed by atoms with Crippen LogP contribution >= 0.6 is 11.3 Å². The SMILES string of the molecule is Cc1nn(C)c(C)c1CCC(=O)N(Cc1ccsc1)C1CCCC1. The first kappa shape index (κ1) is 17.2. The Morgan fingerprint density at radius 1 is 1.38 bits per heavy atom. The first-order valence-electron chi connectivity index (χ1n) is 8.86. The summed E-state index contributed by atoms with van der Waals surface area (Å²) in [6, 6.07) is 2.56. The number of aromatic nitrogens is 2. The maximum atomic E-state index is 13.0. The molecule has 0 atom stereocenters. The lowest BCUT2D eigenvalue weighted by atomic mass is 10.1. The molecule has 0 radical (unpaired) electrons. The molecule has 1 fully saturated rings. The molecule has 4 nitrogen and oxygen atoms in total. The third-order valence-corrected chi connectivity index (χ3v) is 6.00. The lowest BCUT2D eigenvalue weighted by Crippen LogP contribution is -2.38. The van der Waals surface area contributed by atoms with Gasteiger partial charge in [-0.25, -0.2) is 0 Å². The van der Waals surface area contributed by atoms with E-state index < -0.39 is 0 Å². The average molecular weight is 346 g/mol. The molecule has 0 N–H and O–H groups in total. The van der Waals surface area contributed by atoms with E-state index in [-0.39, 0.29) is 5.91 Å². The van der Waals surface area contributed by atoms with E-state index in [0.29, 0.717) is 12.5 Å². The summed E-state index contributed by atoms with van der Waals surface area (Å²) in [4.78, 5) is 15.1. The van der Waals surface area contributed by atoms with Crippen molar-refractivity contribution < 1.29 is 4.79 Å². The van der Waals surface area contributed by atoms with Gasteiger partial charge in [-0.05, 0) is 61.1 Å². The molecule has 5 heteroatoms. The molecule has 0 aliphatic heterocycles. The van der Waals surface area contributed by atoms with E-state index in [4.69, 9.17) is 0 Å². The largest absolute Gasteiger partial charge is 0.335 e. The molecule has 3 rings (SSSR count). The van der Waals surface area contributed by atoms with Crippen molar-refractivity contribution in [3.8, 4) is 0 Å². The van der Waals surface area contributed by atoms with Crippen molar-refractivity contribution in [2.75, 3.05) is 0 Å². The average Bonchev–Trinajstić information content (AvgIpc) is 3.28. The zero-order valence-corrected chi connectivity index (χ0v) is 15.7. The number of hydrogen-bond donors (Lipinski definition) is 0. The molecule has 2 aromatic rings. The van der Waals surface area contributed by atoms with Gasteiger partial charge >= 0.3 is 0 Å². The summed E-state index contributed by atoms with van der Waals surface area (Å²) in [7, 11) is 1.97. The predicted octanol–water partition coefficient (Wildman–Crippen LogP) is 4.00. The third kappa shape index (κ3) is 3.72. The maximum Gasteiger partial charge on any atom is 0.223 e. The third-order valence-electron chi connectivity index (χ3n) is 5.27. The van der Waals surface area contributed by atoms with Crippen molar-refractivity contribution in [1.82, 2.24) is 14.7 Å². The van der Waals surface area contributed by atoms with Crippen LogP contribution in [0, 0.1) is 13.8 Å². The number of carbonyl (C=O) groups is 1. The molecular formula is C19H27N3OS. The number of rotatable bonds is 6. The number of thiophene rings is 1. The fourth-order valence-corrected chi connectivity index (χ4v) is 4.43. The highest BCUT2D eigenvalue weighted by molar-refractivity contribution is 7.07. The Labute approximate surface area is 148 Å². The summed E-state index contributed by atoms with van der Waals surface area (Å²) in [5, 5.41) is 8.71. The Hall–Kier alpha value is -1.62. The highest BCUT2D eigenvalue weighted by Crippen LogP contribution is 2.26. The van der Waals surface area contributed by atoms with Gasteiger partial charge in [0, 0.05) is 31.7 Å². The minimum Gasteiger partial charge on any atom is -0.335 e. The van der Waals surface area contributed by atoms with Gasteiger partial charge in [-0.1, -0.05) is 12.8 Å². The number of aryl methyl sites for hydroxylation is 2. The van der Waals surface area contributed by atoms with Gasteiger partial charge in [0.1, 0.15) is 0 Å². The first-order valence-corrected chi connectivity index (χ1v) is 9.80. The van der Waals surface area contributed by atoms with E-state index in [0.717, 1.165) is 31.5 Å². The summed E-state index contributed by atoms with van der Waals surface area (Å²) in [5.74, 6) is 0.288. The summed E-state index contributed by atoms with van der Waals surface area (Å²) >= 11 is 1.70. The fraction of sp³-hybridized carbons (Fsp3) is 0.579. The maximum absolute atomic E-state index is 13.0. The Morgan fingerprint density at radius 2 is 2.12 bits per heavy atom. The predicted molar refractivity (Wildman–Crippen MR) is 98.1 cm³/mol. The van der Waals surface area contributed by atoms with E-state index in [1.54, 1.807) is 11.3 Å². The first-order chi connectivity index (χ1) is 11.6. The molecule has 1 amide bonds. The van der Waals surface area contributed by atoms with Crippen LogP contribution in [0.2, 0.25) is 0 Å². The number of nitrogens with zero attached hydrogens (tertiary/aromatic N) is 3. The van der Waals surface area contributed by atoms with Crippen molar-refractivity contribution in [2.24, 2.45) is 7.05 Å². The second kappa shape index (κ2) is 7.51. The van der Waals surface area contributed by atoms with Gasteiger partial charge in [-0.3, -0.25) is 9.48 Å². The van der Waals surface area contributed by atoms with Gasteiger partial charge in [0.15, 0.2) is 0 Å². The molecular weight excluding hydrogens is 318 g/mol. The number of carbonyl (C=O) groups excluding carboxylic acids is 1. The Balaban J connectivity index is 1.68. The Kier molecular flexibility index (Phi) is 5.39. The molecule has 24 heavy (non-hydrogen) atoms. The van der Waals surface area contributed by atoms with E-state index >= 15 is 0 Å². The van der Waals surface area contributed by atoms with Crippen LogP contribution in [-0.4, -0.2) is 26.6 Å². The summed E-state index contributed by atoms with van der Waals surface area (Å²) < 4.78 is 1.91. The van der Waals surface area contributed by atoms with E-state index in [1.165, 1.54) is 29.7 Å².